The van der Waals surface area contributed by atoms with Crippen LogP contribution < -0.4 is 5.32 Å². The van der Waals surface area contributed by atoms with E-state index in [4.69, 9.17) is 0 Å². The molecule has 0 bridgehead atoms. The second-order valence-corrected chi connectivity index (χ2v) is 3.50. The molecule has 0 aromatic carbocycles. The van der Waals surface area contributed by atoms with E-state index in [1.165, 1.54) is 5.69 Å². The van der Waals surface area contributed by atoms with Crippen molar-refractivity contribution in [3.8, 4) is 0 Å². The van der Waals surface area contributed by atoms with Crippen LogP contribution in [0.5, 0.6) is 0 Å². The van der Waals surface area contributed by atoms with Gasteiger partial charge in [-0.25, -0.2) is 4.98 Å². The van der Waals surface area contributed by atoms with Gasteiger partial charge in [-0.1, -0.05) is 13.8 Å². The van der Waals surface area contributed by atoms with Crippen LogP contribution in [0.1, 0.15) is 26.5 Å². The Morgan fingerprint density at radius 1 is 1.50 bits per heavy atom. The fraction of sp³-hybridized carbons (Fsp3) is 0.667. The monoisotopic (exact) mass is 167 g/mol. The predicted molar refractivity (Wildman–Crippen MR) is 50.0 cm³/mol. The van der Waals surface area contributed by atoms with Gasteiger partial charge >= 0.3 is 0 Å². The SMILES string of the molecule is CC(C)N[C@H](C)Cc1cnc[nH]1. The maximum Gasteiger partial charge on any atom is 0.0921 e. The van der Waals surface area contributed by atoms with Crippen LogP contribution in [0.25, 0.3) is 0 Å². The zero-order chi connectivity index (χ0) is 8.97. The number of hydrogen-bond acceptors (Lipinski definition) is 2. The lowest BCUT2D eigenvalue weighted by Crippen LogP contribution is -2.33. The van der Waals surface area contributed by atoms with Gasteiger partial charge in [-0.3, -0.25) is 0 Å². The second-order valence-electron chi connectivity index (χ2n) is 3.50. The number of aromatic nitrogens is 2. The normalized spacial score (nSPS) is 13.7. The van der Waals surface area contributed by atoms with Crippen LogP contribution in [0.4, 0.5) is 0 Å². The highest BCUT2D eigenvalue weighted by Gasteiger charge is 2.04. The molecule has 1 aromatic heterocycles. The molecule has 2 N–H and O–H groups in total. The lowest BCUT2D eigenvalue weighted by Gasteiger charge is -2.15. The van der Waals surface area contributed by atoms with Crippen LogP contribution in [-0.4, -0.2) is 22.1 Å². The van der Waals surface area contributed by atoms with Crippen LogP contribution in [-0.2, 0) is 6.42 Å². The molecule has 1 atom stereocenters. The molecule has 0 aliphatic heterocycles. The molecular formula is C9H17N3. The summed E-state index contributed by atoms with van der Waals surface area (Å²) in [5, 5.41) is 3.43. The molecular weight excluding hydrogens is 150 g/mol. The van der Waals surface area contributed by atoms with E-state index in [9.17, 15) is 0 Å². The molecule has 0 fully saturated rings. The van der Waals surface area contributed by atoms with Gasteiger partial charge in [-0.15, -0.1) is 0 Å². The highest BCUT2D eigenvalue weighted by atomic mass is 14.9. The van der Waals surface area contributed by atoms with E-state index in [-0.39, 0.29) is 0 Å². The standard InChI is InChI=1S/C9H17N3/c1-7(2)12-8(3)4-9-5-10-6-11-9/h5-8,12H,4H2,1-3H3,(H,10,11)/t8-/m1/s1. The molecule has 1 heterocycles. The van der Waals surface area contributed by atoms with Gasteiger partial charge in [0.1, 0.15) is 0 Å². The number of aromatic amines is 1. The maximum atomic E-state index is 3.97. The average Bonchev–Trinajstić information content (AvgIpc) is 2.37. The number of H-pyrrole nitrogens is 1. The summed E-state index contributed by atoms with van der Waals surface area (Å²) in [5.74, 6) is 0. The van der Waals surface area contributed by atoms with Crippen LogP contribution in [0, 0.1) is 0 Å². The van der Waals surface area contributed by atoms with Gasteiger partial charge in [0.15, 0.2) is 0 Å². The van der Waals surface area contributed by atoms with Gasteiger partial charge in [0.2, 0.25) is 0 Å². The van der Waals surface area contributed by atoms with Crippen LogP contribution in [0.15, 0.2) is 12.5 Å². The van der Waals surface area contributed by atoms with E-state index in [1.54, 1.807) is 6.33 Å². The summed E-state index contributed by atoms with van der Waals surface area (Å²) < 4.78 is 0. The molecule has 1 rings (SSSR count). The van der Waals surface area contributed by atoms with Crippen molar-refractivity contribution < 1.29 is 0 Å². The van der Waals surface area contributed by atoms with Crippen LogP contribution in [0.2, 0.25) is 0 Å². The second kappa shape index (κ2) is 4.26. The van der Waals surface area contributed by atoms with E-state index in [1.807, 2.05) is 6.20 Å². The Labute approximate surface area is 73.6 Å². The average molecular weight is 167 g/mol. The fourth-order valence-electron chi connectivity index (χ4n) is 1.35. The molecule has 0 saturated carbocycles. The molecule has 0 aliphatic rings. The Balaban J connectivity index is 2.32. The molecule has 0 radical (unpaired) electrons. The zero-order valence-electron chi connectivity index (χ0n) is 7.96. The van der Waals surface area contributed by atoms with E-state index in [2.05, 4.69) is 36.1 Å². The first-order valence-corrected chi connectivity index (χ1v) is 4.41. The first-order chi connectivity index (χ1) is 5.68. The third kappa shape index (κ3) is 3.05. The largest absolute Gasteiger partial charge is 0.348 e. The van der Waals surface area contributed by atoms with Crippen molar-refractivity contribution in [2.45, 2.75) is 39.3 Å². The number of nitrogens with one attached hydrogen (secondary N) is 2. The van der Waals surface area contributed by atoms with Crippen molar-refractivity contribution in [2.24, 2.45) is 0 Å². The predicted octanol–water partition coefficient (Wildman–Crippen LogP) is 1.34. The Kier molecular flexibility index (Phi) is 3.29. The van der Waals surface area contributed by atoms with Crippen molar-refractivity contribution in [3.63, 3.8) is 0 Å². The minimum absolute atomic E-state index is 0.505. The summed E-state index contributed by atoms with van der Waals surface area (Å²) in [4.78, 5) is 7.06. The van der Waals surface area contributed by atoms with E-state index in [0.29, 0.717) is 12.1 Å². The van der Waals surface area contributed by atoms with Crippen LogP contribution >= 0.6 is 0 Å². The summed E-state index contributed by atoms with van der Waals surface area (Å²) in [6.07, 6.45) is 4.61. The van der Waals surface area contributed by atoms with Gasteiger partial charge in [0.05, 0.1) is 6.33 Å². The van der Waals surface area contributed by atoms with Crippen molar-refractivity contribution >= 4 is 0 Å². The van der Waals surface area contributed by atoms with Crippen molar-refractivity contribution in [1.29, 1.82) is 0 Å². The van der Waals surface area contributed by atoms with E-state index >= 15 is 0 Å². The summed E-state index contributed by atoms with van der Waals surface area (Å²) in [6, 6.07) is 1.05. The highest BCUT2D eigenvalue weighted by molar-refractivity contribution is 4.96. The number of imidazole rings is 1. The lowest BCUT2D eigenvalue weighted by molar-refractivity contribution is 0.485. The minimum atomic E-state index is 0.505. The number of nitrogens with zero attached hydrogens (tertiary/aromatic N) is 1. The van der Waals surface area contributed by atoms with Gasteiger partial charge in [0, 0.05) is 30.4 Å². The van der Waals surface area contributed by atoms with E-state index in [0.717, 1.165) is 6.42 Å². The van der Waals surface area contributed by atoms with Gasteiger partial charge in [-0.05, 0) is 6.92 Å². The van der Waals surface area contributed by atoms with Gasteiger partial charge < -0.3 is 10.3 Å². The van der Waals surface area contributed by atoms with E-state index < -0.39 is 0 Å². The topological polar surface area (TPSA) is 40.7 Å². The quantitative estimate of drug-likeness (QED) is 0.710. The molecule has 68 valence electrons. The first kappa shape index (κ1) is 9.26. The summed E-state index contributed by atoms with van der Waals surface area (Å²) in [7, 11) is 0. The first-order valence-electron chi connectivity index (χ1n) is 4.41. The minimum Gasteiger partial charge on any atom is -0.348 e. The number of hydrogen-bond donors (Lipinski definition) is 2. The summed E-state index contributed by atoms with van der Waals surface area (Å²) in [5.41, 5.74) is 1.19. The molecule has 0 unspecified atom stereocenters. The summed E-state index contributed by atoms with van der Waals surface area (Å²) >= 11 is 0. The Morgan fingerprint density at radius 2 is 2.25 bits per heavy atom. The maximum absolute atomic E-state index is 3.97. The molecule has 3 nitrogen and oxygen atoms in total. The Hall–Kier alpha value is -0.830. The Bertz CT molecular complexity index is 204. The number of rotatable bonds is 4. The van der Waals surface area contributed by atoms with Crippen molar-refractivity contribution in [1.82, 2.24) is 15.3 Å². The molecule has 0 amide bonds. The van der Waals surface area contributed by atoms with Gasteiger partial charge in [-0.2, -0.15) is 0 Å². The van der Waals surface area contributed by atoms with Gasteiger partial charge in [0.25, 0.3) is 0 Å². The van der Waals surface area contributed by atoms with Crippen molar-refractivity contribution in [2.75, 3.05) is 0 Å². The fourth-order valence-corrected chi connectivity index (χ4v) is 1.35. The zero-order valence-corrected chi connectivity index (χ0v) is 7.96. The van der Waals surface area contributed by atoms with Crippen molar-refractivity contribution in [3.05, 3.63) is 18.2 Å². The molecule has 3 heteroatoms. The smallest absolute Gasteiger partial charge is 0.0921 e. The molecule has 0 aliphatic carbocycles. The third-order valence-electron chi connectivity index (χ3n) is 1.70. The highest BCUT2D eigenvalue weighted by Crippen LogP contribution is 1.98. The lowest BCUT2D eigenvalue weighted by atomic mass is 10.2. The molecule has 0 spiro atoms. The Morgan fingerprint density at radius 3 is 2.75 bits per heavy atom. The molecule has 1 aromatic rings. The molecule has 0 saturated heterocycles. The summed E-state index contributed by atoms with van der Waals surface area (Å²) in [6.45, 7) is 6.49. The third-order valence-corrected chi connectivity index (χ3v) is 1.70. The van der Waals surface area contributed by atoms with Crippen LogP contribution in [0.3, 0.4) is 0 Å². The molecule has 12 heavy (non-hydrogen) atoms.